The van der Waals surface area contributed by atoms with Crippen molar-refractivity contribution in [3.8, 4) is 0 Å². The number of aryl methyl sites for hydroxylation is 2. The molecule has 0 atom stereocenters. The van der Waals surface area contributed by atoms with Crippen LogP contribution in [0.2, 0.25) is 0 Å². The number of anilines is 1. The molecule has 2 rings (SSSR count). The van der Waals surface area contributed by atoms with Crippen LogP contribution in [0.3, 0.4) is 0 Å². The molecule has 1 heterocycles. The van der Waals surface area contributed by atoms with Crippen molar-refractivity contribution in [2.45, 2.75) is 52.5 Å². The third-order valence-electron chi connectivity index (χ3n) is 3.57. The highest BCUT2D eigenvalue weighted by molar-refractivity contribution is 5.90. The molecule has 0 fully saturated rings. The Bertz CT molecular complexity index is 639. The molecule has 2 N–H and O–H groups in total. The fourth-order valence-electron chi connectivity index (χ4n) is 2.37. The number of hydrogen-bond donors (Lipinski definition) is 2. The summed E-state index contributed by atoms with van der Waals surface area (Å²) in [7, 11) is 0. The molecule has 0 aliphatic rings. The van der Waals surface area contributed by atoms with Gasteiger partial charge in [-0.15, -0.1) is 0 Å². The number of amides is 1. The molecule has 130 valence electrons. The van der Waals surface area contributed by atoms with Gasteiger partial charge in [0.2, 0.25) is 11.8 Å². The van der Waals surface area contributed by atoms with E-state index in [2.05, 4.69) is 34.6 Å². The highest BCUT2D eigenvalue weighted by Gasteiger charge is 2.08. The Labute approximate surface area is 143 Å². The lowest BCUT2D eigenvalue weighted by molar-refractivity contribution is -0.116. The van der Waals surface area contributed by atoms with Crippen molar-refractivity contribution in [1.82, 2.24) is 15.5 Å². The molecule has 0 radical (unpaired) electrons. The SMILES string of the molecule is CCCc1noc(CCCC(=O)Nc2cccc(CNCC)c2)n1. The van der Waals surface area contributed by atoms with Crippen LogP contribution in [0.5, 0.6) is 0 Å². The molecule has 0 saturated heterocycles. The lowest BCUT2D eigenvalue weighted by atomic mass is 10.2. The number of hydrogen-bond acceptors (Lipinski definition) is 5. The van der Waals surface area contributed by atoms with Crippen LogP contribution in [0.15, 0.2) is 28.8 Å². The maximum Gasteiger partial charge on any atom is 0.226 e. The summed E-state index contributed by atoms with van der Waals surface area (Å²) in [6.07, 6.45) is 3.58. The summed E-state index contributed by atoms with van der Waals surface area (Å²) in [5.74, 6) is 1.36. The molecule has 1 aromatic carbocycles. The number of carbonyl (C=O) groups excluding carboxylic acids is 1. The van der Waals surface area contributed by atoms with E-state index >= 15 is 0 Å². The minimum Gasteiger partial charge on any atom is -0.339 e. The second kappa shape index (κ2) is 9.82. The van der Waals surface area contributed by atoms with Crippen molar-refractivity contribution in [3.05, 3.63) is 41.5 Å². The molecule has 2 aromatic rings. The fourth-order valence-corrected chi connectivity index (χ4v) is 2.37. The van der Waals surface area contributed by atoms with Crippen molar-refractivity contribution in [3.63, 3.8) is 0 Å². The van der Waals surface area contributed by atoms with Crippen molar-refractivity contribution in [1.29, 1.82) is 0 Å². The number of nitrogens with zero attached hydrogens (tertiary/aromatic N) is 2. The van der Waals surface area contributed by atoms with E-state index in [9.17, 15) is 4.79 Å². The van der Waals surface area contributed by atoms with Crippen LogP contribution in [-0.4, -0.2) is 22.6 Å². The maximum atomic E-state index is 12.0. The van der Waals surface area contributed by atoms with Gasteiger partial charge in [-0.25, -0.2) is 0 Å². The molecule has 0 unspecified atom stereocenters. The summed E-state index contributed by atoms with van der Waals surface area (Å²) in [5, 5.41) is 10.1. The molecule has 0 aliphatic heterocycles. The molecular formula is C18H26N4O2. The van der Waals surface area contributed by atoms with Gasteiger partial charge in [0.25, 0.3) is 0 Å². The van der Waals surface area contributed by atoms with Crippen LogP contribution in [-0.2, 0) is 24.2 Å². The highest BCUT2D eigenvalue weighted by atomic mass is 16.5. The predicted octanol–water partition coefficient (Wildman–Crippen LogP) is 3.09. The summed E-state index contributed by atoms with van der Waals surface area (Å²) in [6, 6.07) is 7.90. The van der Waals surface area contributed by atoms with E-state index < -0.39 is 0 Å². The Morgan fingerprint density at radius 3 is 2.92 bits per heavy atom. The Hall–Kier alpha value is -2.21. The third kappa shape index (κ3) is 6.12. The second-order valence-electron chi connectivity index (χ2n) is 5.74. The van der Waals surface area contributed by atoms with Crippen LogP contribution in [0, 0.1) is 0 Å². The molecular weight excluding hydrogens is 304 g/mol. The van der Waals surface area contributed by atoms with Crippen LogP contribution >= 0.6 is 0 Å². The average molecular weight is 330 g/mol. The largest absolute Gasteiger partial charge is 0.339 e. The van der Waals surface area contributed by atoms with Crippen LogP contribution in [0.4, 0.5) is 5.69 Å². The monoisotopic (exact) mass is 330 g/mol. The van der Waals surface area contributed by atoms with Crippen molar-refractivity contribution in [2.75, 3.05) is 11.9 Å². The molecule has 1 aromatic heterocycles. The van der Waals surface area contributed by atoms with Crippen LogP contribution < -0.4 is 10.6 Å². The summed E-state index contributed by atoms with van der Waals surface area (Å²) < 4.78 is 5.17. The van der Waals surface area contributed by atoms with Gasteiger partial charge in [-0.1, -0.05) is 31.1 Å². The van der Waals surface area contributed by atoms with Crippen molar-refractivity contribution in [2.24, 2.45) is 0 Å². The van der Waals surface area contributed by atoms with E-state index in [1.807, 2.05) is 24.3 Å². The van der Waals surface area contributed by atoms with Gasteiger partial charge in [-0.05, 0) is 37.1 Å². The van der Waals surface area contributed by atoms with Gasteiger partial charge in [0.1, 0.15) is 0 Å². The molecule has 0 spiro atoms. The number of rotatable bonds is 10. The van der Waals surface area contributed by atoms with Gasteiger partial charge in [0, 0.05) is 31.5 Å². The predicted molar refractivity (Wildman–Crippen MR) is 93.7 cm³/mol. The van der Waals surface area contributed by atoms with Crippen LogP contribution in [0.1, 0.15) is 50.4 Å². The van der Waals surface area contributed by atoms with Gasteiger partial charge in [-0.3, -0.25) is 4.79 Å². The quantitative estimate of drug-likeness (QED) is 0.700. The second-order valence-corrected chi connectivity index (χ2v) is 5.74. The Kier molecular flexibility index (Phi) is 7.42. The van der Waals surface area contributed by atoms with Gasteiger partial charge in [0.05, 0.1) is 0 Å². The summed E-state index contributed by atoms with van der Waals surface area (Å²) in [5.41, 5.74) is 1.99. The zero-order valence-corrected chi connectivity index (χ0v) is 14.5. The van der Waals surface area contributed by atoms with Crippen molar-refractivity contribution < 1.29 is 9.32 Å². The minimum atomic E-state index is 0.00361. The van der Waals surface area contributed by atoms with E-state index in [1.54, 1.807) is 0 Å². The summed E-state index contributed by atoms with van der Waals surface area (Å²) >= 11 is 0. The molecule has 6 heteroatoms. The van der Waals surface area contributed by atoms with Gasteiger partial charge in [0.15, 0.2) is 5.82 Å². The Balaban J connectivity index is 1.74. The lowest BCUT2D eigenvalue weighted by Gasteiger charge is -2.07. The minimum absolute atomic E-state index is 0.00361. The number of nitrogens with one attached hydrogen (secondary N) is 2. The van der Waals surface area contributed by atoms with E-state index in [0.29, 0.717) is 25.2 Å². The standard InChI is InChI=1S/C18H26N4O2/c1-3-7-16-21-18(24-22-16)11-6-10-17(23)20-15-9-5-8-14(12-15)13-19-4-2/h5,8-9,12,19H,3-4,6-7,10-11,13H2,1-2H3,(H,20,23). The molecule has 0 bridgehead atoms. The highest BCUT2D eigenvalue weighted by Crippen LogP contribution is 2.12. The third-order valence-corrected chi connectivity index (χ3v) is 3.57. The van der Waals surface area contributed by atoms with Gasteiger partial charge in [-0.2, -0.15) is 4.98 Å². The first-order chi connectivity index (χ1) is 11.7. The Morgan fingerprint density at radius 1 is 1.25 bits per heavy atom. The van der Waals surface area contributed by atoms with Gasteiger partial charge >= 0.3 is 0 Å². The van der Waals surface area contributed by atoms with E-state index in [4.69, 9.17) is 4.52 Å². The first-order valence-corrected chi connectivity index (χ1v) is 8.62. The topological polar surface area (TPSA) is 80.0 Å². The van der Waals surface area contributed by atoms with E-state index in [-0.39, 0.29) is 5.91 Å². The first kappa shape index (κ1) is 18.1. The van der Waals surface area contributed by atoms with Crippen LogP contribution in [0.25, 0.3) is 0 Å². The first-order valence-electron chi connectivity index (χ1n) is 8.62. The zero-order chi connectivity index (χ0) is 17.2. The van der Waals surface area contributed by atoms with Gasteiger partial charge < -0.3 is 15.2 Å². The normalized spacial score (nSPS) is 10.8. The number of aromatic nitrogens is 2. The average Bonchev–Trinajstić information content (AvgIpc) is 3.01. The maximum absolute atomic E-state index is 12.0. The molecule has 24 heavy (non-hydrogen) atoms. The van der Waals surface area contributed by atoms with E-state index in [1.165, 1.54) is 0 Å². The number of carbonyl (C=O) groups is 1. The zero-order valence-electron chi connectivity index (χ0n) is 14.5. The molecule has 0 saturated carbocycles. The molecule has 6 nitrogen and oxygen atoms in total. The summed E-state index contributed by atoms with van der Waals surface area (Å²) in [6.45, 7) is 5.87. The molecule has 0 aliphatic carbocycles. The lowest BCUT2D eigenvalue weighted by Crippen LogP contribution is -2.14. The molecule has 1 amide bonds. The van der Waals surface area contributed by atoms with Crippen molar-refractivity contribution >= 4 is 11.6 Å². The Morgan fingerprint density at radius 2 is 2.12 bits per heavy atom. The smallest absolute Gasteiger partial charge is 0.226 e. The fraction of sp³-hybridized carbons (Fsp3) is 0.500. The number of benzene rings is 1. The summed E-state index contributed by atoms with van der Waals surface area (Å²) in [4.78, 5) is 16.3. The van der Waals surface area contributed by atoms with E-state index in [0.717, 1.165) is 43.0 Å².